The summed E-state index contributed by atoms with van der Waals surface area (Å²) in [5.41, 5.74) is 15.0. The van der Waals surface area contributed by atoms with Crippen LogP contribution in [0.2, 0.25) is 12.1 Å². The highest BCUT2D eigenvalue weighted by atomic mass is 28.2. The minimum atomic E-state index is 0.614. The number of hydrogen-bond acceptors (Lipinski definition) is 0. The molecule has 0 N–H and O–H groups in total. The van der Waals surface area contributed by atoms with Crippen LogP contribution in [0, 0.1) is 27.7 Å². The summed E-state index contributed by atoms with van der Waals surface area (Å²) in [6, 6.07) is 11.8. The molecular weight excluding hydrogens is 340 g/mol. The maximum Gasteiger partial charge on any atom is 0.0397 e. The van der Waals surface area contributed by atoms with Gasteiger partial charge in [0.05, 0.1) is 0 Å². The van der Waals surface area contributed by atoms with E-state index in [0.29, 0.717) is 11.8 Å². The molecule has 0 aliphatic heterocycles. The van der Waals surface area contributed by atoms with Crippen LogP contribution in [0.25, 0.3) is 11.1 Å². The summed E-state index contributed by atoms with van der Waals surface area (Å²) < 4.78 is 0. The van der Waals surface area contributed by atoms with Gasteiger partial charge in [-0.2, -0.15) is 0 Å². The van der Waals surface area contributed by atoms with Crippen LogP contribution in [-0.4, -0.2) is 9.52 Å². The molecule has 2 aliphatic rings. The molecule has 138 valence electrons. The highest BCUT2D eigenvalue weighted by molar-refractivity contribution is 6.36. The van der Waals surface area contributed by atoms with E-state index >= 15 is 0 Å². The third-order valence-electron chi connectivity index (χ3n) is 6.50. The molecule has 2 unspecified atom stereocenters. The molecule has 4 rings (SSSR count). The first-order valence-electron chi connectivity index (χ1n) is 10.2. The van der Waals surface area contributed by atoms with Crippen LogP contribution in [0.15, 0.2) is 36.4 Å². The van der Waals surface area contributed by atoms with Crippen molar-refractivity contribution < 1.29 is 0 Å². The van der Waals surface area contributed by atoms with Crippen molar-refractivity contribution in [3.05, 3.63) is 80.9 Å². The Balaban J connectivity index is 1.51. The zero-order valence-corrected chi connectivity index (χ0v) is 18.5. The van der Waals surface area contributed by atoms with Gasteiger partial charge in [-0.3, -0.25) is 0 Å². The van der Waals surface area contributed by atoms with Crippen molar-refractivity contribution in [2.24, 2.45) is 0 Å². The fourth-order valence-electron chi connectivity index (χ4n) is 5.32. The predicted molar refractivity (Wildman–Crippen MR) is 120 cm³/mol. The first kappa shape index (κ1) is 18.5. The Kier molecular flexibility index (Phi) is 4.76. The molecule has 0 nitrogen and oxygen atoms in total. The first-order valence-corrected chi connectivity index (χ1v) is 11.6. The molecule has 0 saturated carbocycles. The van der Waals surface area contributed by atoms with Crippen molar-refractivity contribution in [2.45, 2.75) is 65.5 Å². The number of hydrogen-bond donors (Lipinski definition) is 0. The fraction of sp³-hybridized carbons (Fsp3) is 0.385. The van der Waals surface area contributed by atoms with Crippen molar-refractivity contribution in [1.29, 1.82) is 0 Å². The van der Waals surface area contributed by atoms with Crippen LogP contribution in [0.1, 0.15) is 70.2 Å². The maximum atomic E-state index is 2.52. The zero-order valence-electron chi connectivity index (χ0n) is 17.5. The van der Waals surface area contributed by atoms with Crippen molar-refractivity contribution in [2.75, 3.05) is 0 Å². The van der Waals surface area contributed by atoms with Gasteiger partial charge in [0.15, 0.2) is 0 Å². The lowest BCUT2D eigenvalue weighted by atomic mass is 9.93. The monoisotopic (exact) mass is 370 g/mol. The Bertz CT molecular complexity index is 895. The number of benzene rings is 2. The van der Waals surface area contributed by atoms with E-state index in [4.69, 9.17) is 0 Å². The fourth-order valence-corrected chi connectivity index (χ4v) is 6.75. The molecule has 0 fully saturated rings. The Morgan fingerprint density at radius 3 is 1.37 bits per heavy atom. The second kappa shape index (κ2) is 6.94. The van der Waals surface area contributed by atoms with E-state index in [1.54, 1.807) is 11.1 Å². The summed E-state index contributed by atoms with van der Waals surface area (Å²) in [5, 5.41) is 0. The van der Waals surface area contributed by atoms with E-state index < -0.39 is 0 Å². The SMILES string of the molecule is CC1=CC(C[Si]CC2C=C(C)c3c(C)ccc(C)c32)c2c(C)ccc(C)c21. The average Bonchev–Trinajstić information content (AvgIpc) is 3.14. The van der Waals surface area contributed by atoms with Crippen molar-refractivity contribution in [3.8, 4) is 0 Å². The average molecular weight is 371 g/mol. The predicted octanol–water partition coefficient (Wildman–Crippen LogP) is 7.16. The molecule has 2 radical (unpaired) electrons. The smallest absolute Gasteiger partial charge is 0.0397 e. The summed E-state index contributed by atoms with van der Waals surface area (Å²) in [6.07, 6.45) is 5.05. The number of fused-ring (bicyclic) bond motifs is 2. The molecule has 2 aromatic rings. The summed E-state index contributed by atoms with van der Waals surface area (Å²) in [4.78, 5) is 0. The Morgan fingerprint density at radius 1 is 0.593 bits per heavy atom. The minimum absolute atomic E-state index is 0.614. The quantitative estimate of drug-likeness (QED) is 0.501. The normalized spacial score (nSPS) is 20.4. The van der Waals surface area contributed by atoms with E-state index in [2.05, 4.69) is 78.0 Å². The van der Waals surface area contributed by atoms with Crippen molar-refractivity contribution in [3.63, 3.8) is 0 Å². The van der Waals surface area contributed by atoms with Gasteiger partial charge in [0.25, 0.3) is 0 Å². The summed E-state index contributed by atoms with van der Waals surface area (Å²) in [7, 11) is 1.00. The van der Waals surface area contributed by atoms with Gasteiger partial charge in [-0.25, -0.2) is 0 Å². The highest BCUT2D eigenvalue weighted by Gasteiger charge is 2.27. The van der Waals surface area contributed by atoms with Gasteiger partial charge in [-0.05, 0) is 97.2 Å². The van der Waals surface area contributed by atoms with E-state index in [9.17, 15) is 0 Å². The number of rotatable bonds is 4. The number of aryl methyl sites for hydroxylation is 4. The van der Waals surface area contributed by atoms with Gasteiger partial charge in [-0.1, -0.05) is 48.5 Å². The lowest BCUT2D eigenvalue weighted by molar-refractivity contribution is 0.921. The van der Waals surface area contributed by atoms with Gasteiger partial charge in [0.1, 0.15) is 0 Å². The van der Waals surface area contributed by atoms with Gasteiger partial charge < -0.3 is 0 Å². The Labute approximate surface area is 167 Å². The Hall–Kier alpha value is -1.86. The van der Waals surface area contributed by atoms with E-state index in [1.807, 2.05) is 0 Å². The van der Waals surface area contributed by atoms with Crippen LogP contribution >= 0.6 is 0 Å². The van der Waals surface area contributed by atoms with Crippen LogP contribution < -0.4 is 0 Å². The second-order valence-corrected chi connectivity index (χ2v) is 9.86. The van der Waals surface area contributed by atoms with Crippen molar-refractivity contribution in [1.82, 2.24) is 0 Å². The summed E-state index contributed by atoms with van der Waals surface area (Å²) in [6.45, 7) is 13.7. The van der Waals surface area contributed by atoms with Crippen molar-refractivity contribution >= 4 is 20.7 Å². The molecule has 2 atom stereocenters. The standard InChI is InChI=1S/C26H30Si/c1-15-7-9-17(3)25-21(11-19(5)23(15)25)13-27-14-22-12-20(6)24-16(2)8-10-18(4)26(22)24/h7-12,21-22H,13-14H2,1-6H3. The van der Waals surface area contributed by atoms with Gasteiger partial charge in [-0.15, -0.1) is 0 Å². The van der Waals surface area contributed by atoms with Crippen LogP contribution in [0.5, 0.6) is 0 Å². The second-order valence-electron chi connectivity index (χ2n) is 8.55. The molecule has 0 spiro atoms. The summed E-state index contributed by atoms with van der Waals surface area (Å²) in [5.74, 6) is 1.23. The summed E-state index contributed by atoms with van der Waals surface area (Å²) >= 11 is 0. The lowest BCUT2D eigenvalue weighted by Gasteiger charge is -2.18. The maximum absolute atomic E-state index is 2.52. The molecule has 0 amide bonds. The third kappa shape index (κ3) is 3.06. The van der Waals surface area contributed by atoms with E-state index in [-0.39, 0.29) is 0 Å². The van der Waals surface area contributed by atoms with Gasteiger partial charge in [0.2, 0.25) is 0 Å². The van der Waals surface area contributed by atoms with Crippen LogP contribution in [0.4, 0.5) is 0 Å². The third-order valence-corrected chi connectivity index (χ3v) is 7.96. The zero-order chi connectivity index (χ0) is 19.3. The largest absolute Gasteiger partial charge is 0.0737 e. The minimum Gasteiger partial charge on any atom is -0.0737 e. The molecular formula is C26H30Si. The first-order chi connectivity index (χ1) is 12.9. The molecule has 0 saturated heterocycles. The molecule has 0 bridgehead atoms. The molecule has 1 heteroatoms. The van der Waals surface area contributed by atoms with Crippen LogP contribution in [0.3, 0.4) is 0 Å². The molecule has 0 aromatic heterocycles. The number of allylic oxidation sites excluding steroid dienone is 4. The lowest BCUT2D eigenvalue weighted by Crippen LogP contribution is -2.06. The van der Waals surface area contributed by atoms with Crippen LogP contribution in [-0.2, 0) is 0 Å². The van der Waals surface area contributed by atoms with Gasteiger partial charge in [0, 0.05) is 21.4 Å². The molecule has 2 aromatic carbocycles. The van der Waals surface area contributed by atoms with Gasteiger partial charge >= 0.3 is 0 Å². The molecule has 0 heterocycles. The highest BCUT2D eigenvalue weighted by Crippen LogP contribution is 2.44. The molecule has 2 aliphatic carbocycles. The van der Waals surface area contributed by atoms with E-state index in [0.717, 1.165) is 9.52 Å². The molecule has 27 heavy (non-hydrogen) atoms. The van der Waals surface area contributed by atoms with E-state index in [1.165, 1.54) is 56.6 Å². The Morgan fingerprint density at radius 2 is 0.963 bits per heavy atom. The topological polar surface area (TPSA) is 0 Å².